The number of aliphatic hydroxyl groups excluding tert-OH is 5. The number of aliphatic hydroxyl groups is 5. The molecule has 4 bridgehead atoms. The zero-order chi connectivity index (χ0) is 17.2. The van der Waals surface area contributed by atoms with E-state index in [0.29, 0.717) is 26.2 Å². The van der Waals surface area contributed by atoms with Gasteiger partial charge in [-0.15, -0.1) is 0 Å². The molecule has 4 aliphatic heterocycles. The van der Waals surface area contributed by atoms with Crippen LogP contribution in [0.5, 0.6) is 0 Å². The molecular weight excluding hydrogens is 304 g/mol. The zero-order valence-electron chi connectivity index (χ0n) is 13.5. The van der Waals surface area contributed by atoms with E-state index in [-0.39, 0.29) is 5.78 Å². The average molecular weight is 330 g/mol. The maximum Gasteiger partial charge on any atom is 0.149 e. The van der Waals surface area contributed by atoms with Gasteiger partial charge in [0.1, 0.15) is 30.2 Å². The Kier molecular flexibility index (Phi) is 4.08. The van der Waals surface area contributed by atoms with Crippen molar-refractivity contribution in [2.75, 3.05) is 32.8 Å². The molecule has 0 amide bonds. The molecule has 0 spiro atoms. The summed E-state index contributed by atoms with van der Waals surface area (Å²) in [6.07, 6.45) is -6.57. The molecule has 0 aromatic heterocycles. The minimum Gasteiger partial charge on any atom is -0.394 e. The van der Waals surface area contributed by atoms with Crippen molar-refractivity contribution in [1.82, 2.24) is 9.80 Å². The largest absolute Gasteiger partial charge is 0.394 e. The Labute approximate surface area is 134 Å². The number of hydrogen-bond donors (Lipinski definition) is 5. The van der Waals surface area contributed by atoms with Crippen molar-refractivity contribution in [3.8, 4) is 0 Å². The number of Topliss-reactive ketones (excluding diaryl/α,β-unsaturated/α-hetero) is 1. The highest BCUT2D eigenvalue weighted by Crippen LogP contribution is 2.48. The Hall–Kier alpha value is -0.610. The Bertz CT molecular complexity index is 460. The molecule has 0 aliphatic carbocycles. The molecule has 0 aromatic rings. The third-order valence-corrected chi connectivity index (χ3v) is 5.64. The standard InChI is InChI=1S/C15H26N2O6/c1-14-4-16-6-15(2,13(14)23)7-17(5-14)12(16)11(22)10(21)9(20)8(19)3-18/h8-12,18-22H,3-7H2,1-2H3/t8-,9-,10-,11+,12?,14?,15?/m1/s1. The quantitative estimate of drug-likeness (QED) is 0.361. The normalized spacial score (nSPS) is 47.4. The number of carbonyl (C=O) groups is 1. The molecule has 8 heteroatoms. The highest BCUT2D eigenvalue weighted by Gasteiger charge is 2.63. The van der Waals surface area contributed by atoms with Crippen LogP contribution in [0.15, 0.2) is 0 Å². The fourth-order valence-corrected chi connectivity index (χ4v) is 4.77. The van der Waals surface area contributed by atoms with E-state index in [0.717, 1.165) is 0 Å². The molecule has 8 nitrogen and oxygen atoms in total. The van der Waals surface area contributed by atoms with E-state index in [1.165, 1.54) is 0 Å². The van der Waals surface area contributed by atoms with Crippen LogP contribution in [-0.2, 0) is 4.79 Å². The van der Waals surface area contributed by atoms with Crippen LogP contribution in [0.2, 0.25) is 0 Å². The minimum absolute atomic E-state index is 0.252. The van der Waals surface area contributed by atoms with Crippen molar-refractivity contribution >= 4 is 5.78 Å². The van der Waals surface area contributed by atoms with Crippen molar-refractivity contribution in [2.24, 2.45) is 10.8 Å². The lowest BCUT2D eigenvalue weighted by Gasteiger charge is -2.65. The molecule has 0 aromatic carbocycles. The van der Waals surface area contributed by atoms with Crippen LogP contribution in [0.4, 0.5) is 0 Å². The van der Waals surface area contributed by atoms with Crippen molar-refractivity contribution in [1.29, 1.82) is 0 Å². The van der Waals surface area contributed by atoms with Gasteiger partial charge < -0.3 is 25.5 Å². The molecule has 0 unspecified atom stereocenters. The summed E-state index contributed by atoms with van der Waals surface area (Å²) in [4.78, 5) is 16.5. The van der Waals surface area contributed by atoms with Crippen LogP contribution in [0.1, 0.15) is 13.8 Å². The third-order valence-electron chi connectivity index (χ3n) is 5.64. The van der Waals surface area contributed by atoms with Gasteiger partial charge in [-0.05, 0) is 0 Å². The third kappa shape index (κ3) is 2.44. The second-order valence-corrected chi connectivity index (χ2v) is 7.90. The molecule has 132 valence electrons. The monoisotopic (exact) mass is 330 g/mol. The molecule has 5 N–H and O–H groups in total. The molecule has 23 heavy (non-hydrogen) atoms. The predicted molar refractivity (Wildman–Crippen MR) is 79.3 cm³/mol. The summed E-state index contributed by atoms with van der Waals surface area (Å²) in [5.41, 5.74) is -0.953. The molecule has 4 fully saturated rings. The van der Waals surface area contributed by atoms with Crippen molar-refractivity contribution in [3.63, 3.8) is 0 Å². The molecule has 0 saturated carbocycles. The van der Waals surface area contributed by atoms with Crippen LogP contribution in [0, 0.1) is 10.8 Å². The van der Waals surface area contributed by atoms with Crippen LogP contribution in [0.3, 0.4) is 0 Å². The lowest BCUT2D eigenvalue weighted by molar-refractivity contribution is -0.228. The van der Waals surface area contributed by atoms with Gasteiger partial charge in [0.2, 0.25) is 0 Å². The summed E-state index contributed by atoms with van der Waals surface area (Å²) in [6, 6.07) is 0. The number of ketones is 1. The van der Waals surface area contributed by atoms with Crippen molar-refractivity contribution < 1.29 is 30.3 Å². The van der Waals surface area contributed by atoms with Gasteiger partial charge in [0.05, 0.1) is 23.6 Å². The summed E-state index contributed by atoms with van der Waals surface area (Å²) in [5.74, 6) is 0.252. The van der Waals surface area contributed by atoms with E-state index in [1.54, 1.807) is 0 Å². The number of nitrogens with zero attached hydrogens (tertiary/aromatic N) is 2. The first kappa shape index (κ1) is 17.2. The van der Waals surface area contributed by atoms with Crippen LogP contribution < -0.4 is 0 Å². The number of carbonyl (C=O) groups excluding carboxylic acids is 1. The summed E-state index contributed by atoms with van der Waals surface area (Å²) in [6.45, 7) is 5.17. The fraction of sp³-hybridized carbons (Fsp3) is 0.933. The van der Waals surface area contributed by atoms with Crippen LogP contribution >= 0.6 is 0 Å². The number of rotatable bonds is 5. The molecule has 0 radical (unpaired) electrons. The van der Waals surface area contributed by atoms with E-state index in [9.17, 15) is 25.2 Å². The Morgan fingerprint density at radius 3 is 1.83 bits per heavy atom. The van der Waals surface area contributed by atoms with E-state index in [2.05, 4.69) is 0 Å². The predicted octanol–water partition coefficient (Wildman–Crippen LogP) is -3.03. The number of piperidine rings is 2. The molecule has 4 saturated heterocycles. The Morgan fingerprint density at radius 1 is 1.00 bits per heavy atom. The smallest absolute Gasteiger partial charge is 0.149 e. The Balaban J connectivity index is 1.80. The van der Waals surface area contributed by atoms with Crippen molar-refractivity contribution in [3.05, 3.63) is 0 Å². The van der Waals surface area contributed by atoms with Gasteiger partial charge in [0, 0.05) is 26.2 Å². The van der Waals surface area contributed by atoms with Crippen molar-refractivity contribution in [2.45, 2.75) is 44.4 Å². The summed E-state index contributed by atoms with van der Waals surface area (Å²) >= 11 is 0. The number of hydrogen-bond acceptors (Lipinski definition) is 8. The van der Waals surface area contributed by atoms with Gasteiger partial charge in [-0.1, -0.05) is 13.8 Å². The van der Waals surface area contributed by atoms with Crippen LogP contribution in [-0.4, -0.2) is 104 Å². The second-order valence-electron chi connectivity index (χ2n) is 7.90. The van der Waals surface area contributed by atoms with Gasteiger partial charge in [0.15, 0.2) is 0 Å². The first-order valence-corrected chi connectivity index (χ1v) is 7.99. The summed E-state index contributed by atoms with van der Waals surface area (Å²) in [7, 11) is 0. The van der Waals surface area contributed by atoms with E-state index in [1.807, 2.05) is 23.6 Å². The van der Waals surface area contributed by atoms with Gasteiger partial charge in [-0.25, -0.2) is 0 Å². The van der Waals surface area contributed by atoms with Gasteiger partial charge in [0.25, 0.3) is 0 Å². The first-order chi connectivity index (χ1) is 10.6. The van der Waals surface area contributed by atoms with E-state index >= 15 is 0 Å². The van der Waals surface area contributed by atoms with E-state index in [4.69, 9.17) is 5.11 Å². The second kappa shape index (κ2) is 5.45. The van der Waals surface area contributed by atoms with Gasteiger partial charge in [-0.2, -0.15) is 0 Å². The topological polar surface area (TPSA) is 125 Å². The molecule has 4 rings (SSSR count). The maximum absolute atomic E-state index is 12.6. The fourth-order valence-electron chi connectivity index (χ4n) is 4.77. The summed E-state index contributed by atoms with van der Waals surface area (Å²) in [5, 5.41) is 48.9. The lowest BCUT2D eigenvalue weighted by atomic mass is 9.61. The molecule has 4 atom stereocenters. The highest BCUT2D eigenvalue weighted by atomic mass is 16.4. The zero-order valence-corrected chi connectivity index (χ0v) is 13.5. The molecule has 4 aliphatic rings. The maximum atomic E-state index is 12.6. The molecular formula is C15H26N2O6. The molecule has 4 heterocycles. The first-order valence-electron chi connectivity index (χ1n) is 7.99. The van der Waals surface area contributed by atoms with Crippen LogP contribution in [0.25, 0.3) is 0 Å². The van der Waals surface area contributed by atoms with Gasteiger partial charge in [-0.3, -0.25) is 14.6 Å². The lowest BCUT2D eigenvalue weighted by Crippen LogP contribution is -2.80. The minimum atomic E-state index is -1.64. The van der Waals surface area contributed by atoms with Gasteiger partial charge >= 0.3 is 0 Å². The SMILES string of the molecule is CC12CN3CC(C)(CN(C1)C3[C@@H](O)[C@H](O)[C@H](O)[C@H](O)CO)C2=O. The van der Waals surface area contributed by atoms with E-state index < -0.39 is 48.0 Å². The summed E-state index contributed by atoms with van der Waals surface area (Å²) < 4.78 is 0. The average Bonchev–Trinajstić information content (AvgIpc) is 2.48. The highest BCUT2D eigenvalue weighted by molar-refractivity contribution is 5.92. The Morgan fingerprint density at radius 2 is 1.43 bits per heavy atom.